The molecule has 0 aromatic rings. The van der Waals surface area contributed by atoms with Gasteiger partial charge in [0.25, 0.3) is 0 Å². The fraction of sp³-hybridized carbons (Fsp3) is 0.714. The molecule has 1 unspecified atom stereocenters. The van der Waals surface area contributed by atoms with E-state index in [1.54, 1.807) is 0 Å². The molecule has 1 atom stereocenters. The summed E-state index contributed by atoms with van der Waals surface area (Å²) in [6.07, 6.45) is 0.909. The second-order valence-electron chi connectivity index (χ2n) is 2.76. The number of hydrogen-bond acceptors (Lipinski definition) is 4. The number of nitrogens with two attached hydrogens (primary N) is 1. The summed E-state index contributed by atoms with van der Waals surface area (Å²) in [5, 5.41) is 16.9. The summed E-state index contributed by atoms with van der Waals surface area (Å²) in [6.45, 7) is -0.448. The van der Waals surface area contributed by atoms with Crippen molar-refractivity contribution in [1.29, 1.82) is 0 Å². The zero-order chi connectivity index (χ0) is 9.61. The maximum Gasteiger partial charge on any atom is 0.303 e. The van der Waals surface area contributed by atoms with Gasteiger partial charge in [-0.25, -0.2) is 0 Å². The third kappa shape index (κ3) is 4.05. The van der Waals surface area contributed by atoms with Gasteiger partial charge in [0.1, 0.15) is 6.29 Å². The van der Waals surface area contributed by atoms with E-state index in [1.165, 1.54) is 0 Å². The molecule has 0 aromatic heterocycles. The molecule has 4 N–H and O–H groups in total. The quantitative estimate of drug-likeness (QED) is 0.455. The fourth-order valence-corrected chi connectivity index (χ4v) is 0.744. The van der Waals surface area contributed by atoms with Crippen LogP contribution in [0, 0.1) is 0 Å². The van der Waals surface area contributed by atoms with Crippen molar-refractivity contribution < 1.29 is 19.8 Å². The SMILES string of the molecule is NC(C=O)(CO)CCCC(=O)O. The molecule has 0 radical (unpaired) electrons. The molecule has 0 fully saturated rings. The molecule has 0 rings (SSSR count). The van der Waals surface area contributed by atoms with Crippen molar-refractivity contribution in [3.8, 4) is 0 Å². The van der Waals surface area contributed by atoms with Crippen molar-refractivity contribution >= 4 is 12.3 Å². The van der Waals surface area contributed by atoms with Crippen LogP contribution in [0.5, 0.6) is 0 Å². The molecule has 5 heteroatoms. The van der Waals surface area contributed by atoms with Crippen LogP contribution in [0.2, 0.25) is 0 Å². The Morgan fingerprint density at radius 1 is 1.58 bits per heavy atom. The highest BCUT2D eigenvalue weighted by atomic mass is 16.4. The number of aliphatic hydroxyl groups excluding tert-OH is 1. The Labute approximate surface area is 70.2 Å². The number of carbonyl (C=O) groups is 2. The first-order valence-electron chi connectivity index (χ1n) is 3.62. The minimum Gasteiger partial charge on any atom is -0.481 e. The Bertz CT molecular complexity index is 171. The third-order valence-corrected chi connectivity index (χ3v) is 1.56. The zero-order valence-electron chi connectivity index (χ0n) is 6.69. The average molecular weight is 175 g/mol. The highest BCUT2D eigenvalue weighted by molar-refractivity contribution is 5.67. The molecule has 0 aliphatic carbocycles. The summed E-state index contributed by atoms with van der Waals surface area (Å²) >= 11 is 0. The van der Waals surface area contributed by atoms with E-state index in [2.05, 4.69) is 0 Å². The van der Waals surface area contributed by atoms with Gasteiger partial charge in [0.05, 0.1) is 12.1 Å². The predicted molar refractivity (Wildman–Crippen MR) is 41.6 cm³/mol. The minimum atomic E-state index is -1.27. The van der Waals surface area contributed by atoms with Gasteiger partial charge in [-0.1, -0.05) is 0 Å². The number of rotatable bonds is 6. The van der Waals surface area contributed by atoms with Crippen molar-refractivity contribution in [2.75, 3.05) is 6.61 Å². The largest absolute Gasteiger partial charge is 0.481 e. The van der Waals surface area contributed by atoms with E-state index < -0.39 is 18.1 Å². The zero-order valence-corrected chi connectivity index (χ0v) is 6.69. The third-order valence-electron chi connectivity index (χ3n) is 1.56. The van der Waals surface area contributed by atoms with Gasteiger partial charge in [-0.05, 0) is 12.8 Å². The maximum atomic E-state index is 10.3. The van der Waals surface area contributed by atoms with Crippen molar-refractivity contribution in [3.05, 3.63) is 0 Å². The average Bonchev–Trinajstić information content (AvgIpc) is 2.03. The van der Waals surface area contributed by atoms with Crippen molar-refractivity contribution in [1.82, 2.24) is 0 Å². The van der Waals surface area contributed by atoms with E-state index in [9.17, 15) is 9.59 Å². The molecule has 0 aromatic carbocycles. The normalized spacial score (nSPS) is 15.2. The van der Waals surface area contributed by atoms with E-state index in [-0.39, 0.29) is 12.8 Å². The van der Waals surface area contributed by atoms with Crippen molar-refractivity contribution in [2.24, 2.45) is 5.73 Å². The van der Waals surface area contributed by atoms with Gasteiger partial charge in [-0.15, -0.1) is 0 Å². The number of hydrogen-bond donors (Lipinski definition) is 3. The number of carboxylic acids is 1. The molecule has 0 amide bonds. The lowest BCUT2D eigenvalue weighted by Crippen LogP contribution is -2.45. The number of aldehydes is 1. The number of carbonyl (C=O) groups excluding carboxylic acids is 1. The summed E-state index contributed by atoms with van der Waals surface area (Å²) in [4.78, 5) is 20.4. The Hall–Kier alpha value is -0.940. The van der Waals surface area contributed by atoms with Gasteiger partial charge in [-0.2, -0.15) is 0 Å². The molecule has 70 valence electrons. The summed E-state index contributed by atoms with van der Waals surface area (Å²) in [7, 11) is 0. The summed E-state index contributed by atoms with van der Waals surface area (Å²) in [6, 6.07) is 0. The van der Waals surface area contributed by atoms with E-state index in [1.807, 2.05) is 0 Å². The van der Waals surface area contributed by atoms with Crippen LogP contribution in [-0.4, -0.2) is 34.6 Å². The topological polar surface area (TPSA) is 101 Å². The molecule has 0 aliphatic heterocycles. The first kappa shape index (κ1) is 11.1. The molecular formula is C7H13NO4. The molecule has 0 saturated carbocycles. The number of aliphatic carboxylic acids is 1. The van der Waals surface area contributed by atoms with Crippen LogP contribution in [0.1, 0.15) is 19.3 Å². The van der Waals surface area contributed by atoms with Crippen LogP contribution >= 0.6 is 0 Å². The van der Waals surface area contributed by atoms with Crippen molar-refractivity contribution in [3.63, 3.8) is 0 Å². The lowest BCUT2D eigenvalue weighted by Gasteiger charge is -2.18. The molecule has 5 nitrogen and oxygen atoms in total. The van der Waals surface area contributed by atoms with Crippen LogP contribution in [0.3, 0.4) is 0 Å². The minimum absolute atomic E-state index is 0.0349. The Balaban J connectivity index is 3.73. The molecule has 0 bridgehead atoms. The van der Waals surface area contributed by atoms with Crippen molar-refractivity contribution in [2.45, 2.75) is 24.8 Å². The molecular weight excluding hydrogens is 162 g/mol. The van der Waals surface area contributed by atoms with Crippen LogP contribution in [-0.2, 0) is 9.59 Å². The van der Waals surface area contributed by atoms with Crippen LogP contribution in [0.15, 0.2) is 0 Å². The van der Waals surface area contributed by atoms with E-state index >= 15 is 0 Å². The molecule has 0 spiro atoms. The Morgan fingerprint density at radius 2 is 2.17 bits per heavy atom. The lowest BCUT2D eigenvalue weighted by atomic mass is 9.97. The smallest absolute Gasteiger partial charge is 0.303 e. The summed E-state index contributed by atoms with van der Waals surface area (Å²) in [5.41, 5.74) is 4.10. The van der Waals surface area contributed by atoms with Crippen LogP contribution in [0.25, 0.3) is 0 Å². The second kappa shape index (κ2) is 4.84. The highest BCUT2D eigenvalue weighted by Gasteiger charge is 2.22. The predicted octanol–water partition coefficient (Wildman–Crippen LogP) is -0.870. The van der Waals surface area contributed by atoms with Gasteiger partial charge in [0.15, 0.2) is 0 Å². The molecule has 0 aliphatic rings. The molecule has 0 saturated heterocycles. The Morgan fingerprint density at radius 3 is 2.50 bits per heavy atom. The fourth-order valence-electron chi connectivity index (χ4n) is 0.744. The standard InChI is InChI=1S/C7H13NO4/c8-7(4-9,5-10)3-1-2-6(11)12/h4,10H,1-3,5,8H2,(H,11,12). The maximum absolute atomic E-state index is 10.3. The Kier molecular flexibility index (Phi) is 4.46. The van der Waals surface area contributed by atoms with E-state index in [0.717, 1.165) is 0 Å². The van der Waals surface area contributed by atoms with Gasteiger partial charge in [-0.3, -0.25) is 4.79 Å². The van der Waals surface area contributed by atoms with Gasteiger partial charge in [0, 0.05) is 6.42 Å². The number of carboxylic acid groups (broad SMARTS) is 1. The van der Waals surface area contributed by atoms with E-state index in [4.69, 9.17) is 15.9 Å². The second-order valence-corrected chi connectivity index (χ2v) is 2.76. The highest BCUT2D eigenvalue weighted by Crippen LogP contribution is 2.07. The molecule has 12 heavy (non-hydrogen) atoms. The van der Waals surface area contributed by atoms with Gasteiger partial charge in [0.2, 0.25) is 0 Å². The first-order valence-corrected chi connectivity index (χ1v) is 3.62. The van der Waals surface area contributed by atoms with E-state index in [0.29, 0.717) is 12.7 Å². The van der Waals surface area contributed by atoms with Gasteiger partial charge >= 0.3 is 5.97 Å². The first-order chi connectivity index (χ1) is 5.54. The lowest BCUT2D eigenvalue weighted by molar-refractivity contribution is -0.137. The molecule has 0 heterocycles. The van der Waals surface area contributed by atoms with Crippen LogP contribution < -0.4 is 5.73 Å². The van der Waals surface area contributed by atoms with Crippen LogP contribution in [0.4, 0.5) is 0 Å². The summed E-state index contributed by atoms with van der Waals surface area (Å²) < 4.78 is 0. The summed E-state index contributed by atoms with van der Waals surface area (Å²) in [5.74, 6) is -0.929. The van der Waals surface area contributed by atoms with Gasteiger partial charge < -0.3 is 20.7 Å². The number of aliphatic hydroxyl groups is 1. The monoisotopic (exact) mass is 175 g/mol.